The summed E-state index contributed by atoms with van der Waals surface area (Å²) in [6.45, 7) is 1.80. The van der Waals surface area contributed by atoms with Crippen LogP contribution >= 0.6 is 0 Å². The van der Waals surface area contributed by atoms with E-state index in [2.05, 4.69) is 17.1 Å². The van der Waals surface area contributed by atoms with Gasteiger partial charge in [0.2, 0.25) is 0 Å². The van der Waals surface area contributed by atoms with E-state index in [1.54, 1.807) is 18.9 Å². The molecule has 108 valence electrons. The highest BCUT2D eigenvalue weighted by Crippen LogP contribution is 2.35. The molecule has 3 rings (SSSR count). The Morgan fingerprint density at radius 3 is 2.86 bits per heavy atom. The minimum absolute atomic E-state index is 0.0504. The van der Waals surface area contributed by atoms with Crippen molar-refractivity contribution in [2.75, 3.05) is 7.05 Å². The second-order valence-electron chi connectivity index (χ2n) is 5.56. The lowest BCUT2D eigenvalue weighted by Gasteiger charge is -2.25. The predicted octanol–water partition coefficient (Wildman–Crippen LogP) is 2.44. The van der Waals surface area contributed by atoms with Crippen LogP contribution in [0, 0.1) is 6.92 Å². The van der Waals surface area contributed by atoms with Gasteiger partial charge in [-0.05, 0) is 30.9 Å². The molecule has 0 bridgehead atoms. The number of amides is 1. The molecule has 1 N–H and O–H groups in total. The van der Waals surface area contributed by atoms with Crippen LogP contribution in [0.3, 0.4) is 0 Å². The summed E-state index contributed by atoms with van der Waals surface area (Å²) in [4.78, 5) is 29.2. The molecular formula is C17H18N2O2. The Hall–Kier alpha value is -2.36. The smallest absolute Gasteiger partial charge is 0.259 e. The minimum Gasteiger partial charge on any atom is -0.364 e. The molecule has 4 heteroatoms. The zero-order chi connectivity index (χ0) is 15.0. The van der Waals surface area contributed by atoms with Gasteiger partial charge in [0.25, 0.3) is 5.91 Å². The number of hydrogen-bond donors (Lipinski definition) is 1. The number of aryl methyl sites for hydroxylation is 2. The number of rotatable bonds is 2. The van der Waals surface area contributed by atoms with Crippen LogP contribution in [0.15, 0.2) is 41.3 Å². The van der Waals surface area contributed by atoms with Crippen molar-refractivity contribution in [1.82, 2.24) is 9.88 Å². The van der Waals surface area contributed by atoms with Gasteiger partial charge < -0.3 is 9.88 Å². The first-order valence-corrected chi connectivity index (χ1v) is 7.12. The second-order valence-corrected chi connectivity index (χ2v) is 5.56. The average molecular weight is 282 g/mol. The lowest BCUT2D eigenvalue weighted by molar-refractivity contribution is 0.0729. The molecule has 1 aliphatic rings. The summed E-state index contributed by atoms with van der Waals surface area (Å²) in [6, 6.07) is 9.70. The maximum Gasteiger partial charge on any atom is 0.259 e. The van der Waals surface area contributed by atoms with Gasteiger partial charge in [-0.2, -0.15) is 0 Å². The highest BCUT2D eigenvalue weighted by Gasteiger charge is 2.29. The molecule has 1 heterocycles. The summed E-state index contributed by atoms with van der Waals surface area (Å²) in [6.07, 6.45) is 3.39. The largest absolute Gasteiger partial charge is 0.364 e. The second kappa shape index (κ2) is 5.20. The van der Waals surface area contributed by atoms with E-state index >= 15 is 0 Å². The fourth-order valence-corrected chi connectivity index (χ4v) is 3.01. The molecule has 1 amide bonds. The molecule has 1 atom stereocenters. The molecule has 1 aromatic heterocycles. The molecule has 1 unspecified atom stereocenters. The van der Waals surface area contributed by atoms with Crippen LogP contribution in [0.4, 0.5) is 0 Å². The van der Waals surface area contributed by atoms with Gasteiger partial charge in [-0.15, -0.1) is 0 Å². The van der Waals surface area contributed by atoms with Crippen LogP contribution in [0.5, 0.6) is 0 Å². The van der Waals surface area contributed by atoms with E-state index < -0.39 is 0 Å². The first kappa shape index (κ1) is 13.6. The highest BCUT2D eigenvalue weighted by atomic mass is 16.2. The fraction of sp³-hybridized carbons (Fsp3) is 0.294. The van der Waals surface area contributed by atoms with Crippen LogP contribution in [0.1, 0.15) is 39.6 Å². The number of hydrogen-bond acceptors (Lipinski definition) is 2. The molecule has 0 spiro atoms. The summed E-state index contributed by atoms with van der Waals surface area (Å²) in [7, 11) is 1.77. The normalized spacial score (nSPS) is 16.6. The summed E-state index contributed by atoms with van der Waals surface area (Å²) in [5, 5.41) is 0. The third kappa shape index (κ3) is 2.37. The Balaban J connectivity index is 1.91. The first-order chi connectivity index (χ1) is 10.1. The maximum absolute atomic E-state index is 12.6. The number of nitrogens with one attached hydrogen (secondary N) is 1. The number of aromatic nitrogens is 1. The first-order valence-electron chi connectivity index (χ1n) is 7.12. The van der Waals surface area contributed by atoms with E-state index in [9.17, 15) is 9.59 Å². The Kier molecular flexibility index (Phi) is 3.37. The lowest BCUT2D eigenvalue weighted by atomic mass is 10.1. The number of pyridine rings is 1. The number of fused-ring (bicyclic) bond motifs is 1. The number of carbonyl (C=O) groups is 1. The predicted molar refractivity (Wildman–Crippen MR) is 81.4 cm³/mol. The Bertz CT molecular complexity index is 748. The number of carbonyl (C=O) groups excluding carboxylic acids is 1. The van der Waals surface area contributed by atoms with Gasteiger partial charge in [-0.1, -0.05) is 24.3 Å². The molecule has 2 aromatic rings. The van der Waals surface area contributed by atoms with E-state index in [4.69, 9.17) is 0 Å². The van der Waals surface area contributed by atoms with E-state index in [1.165, 1.54) is 23.4 Å². The van der Waals surface area contributed by atoms with E-state index in [-0.39, 0.29) is 22.9 Å². The van der Waals surface area contributed by atoms with Crippen molar-refractivity contribution >= 4 is 5.91 Å². The zero-order valence-electron chi connectivity index (χ0n) is 12.2. The van der Waals surface area contributed by atoms with Crippen molar-refractivity contribution in [3.05, 3.63) is 69.1 Å². The van der Waals surface area contributed by atoms with Crippen molar-refractivity contribution in [3.8, 4) is 0 Å². The van der Waals surface area contributed by atoms with Crippen LogP contribution in [-0.2, 0) is 6.42 Å². The van der Waals surface area contributed by atoms with Crippen molar-refractivity contribution in [3.63, 3.8) is 0 Å². The number of aromatic amines is 1. The van der Waals surface area contributed by atoms with Gasteiger partial charge in [-0.3, -0.25) is 9.59 Å². The Morgan fingerprint density at radius 1 is 1.33 bits per heavy atom. The van der Waals surface area contributed by atoms with E-state index in [0.717, 1.165) is 18.5 Å². The molecule has 1 aliphatic carbocycles. The van der Waals surface area contributed by atoms with Crippen LogP contribution in [0.2, 0.25) is 0 Å². The van der Waals surface area contributed by atoms with E-state index in [0.29, 0.717) is 0 Å². The number of nitrogens with zero attached hydrogens (tertiary/aromatic N) is 1. The zero-order valence-corrected chi connectivity index (χ0v) is 12.2. The van der Waals surface area contributed by atoms with E-state index in [1.807, 2.05) is 12.1 Å². The molecule has 0 radical (unpaired) electrons. The average Bonchev–Trinajstić information content (AvgIpc) is 2.90. The van der Waals surface area contributed by atoms with Crippen LogP contribution < -0.4 is 5.43 Å². The maximum atomic E-state index is 12.6. The topological polar surface area (TPSA) is 53.2 Å². The number of H-pyrrole nitrogens is 1. The summed E-state index contributed by atoms with van der Waals surface area (Å²) in [5.41, 5.74) is 3.21. The molecule has 0 aliphatic heterocycles. The van der Waals surface area contributed by atoms with Crippen LogP contribution in [0.25, 0.3) is 0 Å². The van der Waals surface area contributed by atoms with Crippen molar-refractivity contribution < 1.29 is 4.79 Å². The van der Waals surface area contributed by atoms with Gasteiger partial charge in [0.1, 0.15) is 5.56 Å². The Labute approximate surface area is 123 Å². The molecule has 1 aromatic carbocycles. The Morgan fingerprint density at radius 2 is 2.10 bits per heavy atom. The molecule has 4 nitrogen and oxygen atoms in total. The standard InChI is InChI=1S/C17H18N2O2/c1-11-9-16(20)14(10-18-11)17(21)19(2)15-8-7-12-5-3-4-6-13(12)15/h3-6,9-10,15H,7-8H2,1-2H3,(H,18,20). The summed E-state index contributed by atoms with van der Waals surface area (Å²) >= 11 is 0. The van der Waals surface area contributed by atoms with Gasteiger partial charge in [0, 0.05) is 25.0 Å². The van der Waals surface area contributed by atoms with Crippen molar-refractivity contribution in [1.29, 1.82) is 0 Å². The monoisotopic (exact) mass is 282 g/mol. The molecule has 0 saturated heterocycles. The van der Waals surface area contributed by atoms with Gasteiger partial charge >= 0.3 is 0 Å². The molecule has 21 heavy (non-hydrogen) atoms. The third-order valence-electron chi connectivity index (χ3n) is 4.18. The van der Waals surface area contributed by atoms with Crippen molar-refractivity contribution in [2.45, 2.75) is 25.8 Å². The third-order valence-corrected chi connectivity index (χ3v) is 4.18. The van der Waals surface area contributed by atoms with Crippen LogP contribution in [-0.4, -0.2) is 22.8 Å². The summed E-state index contributed by atoms with van der Waals surface area (Å²) in [5.74, 6) is -0.224. The SMILES string of the molecule is Cc1cc(=O)c(C(=O)N(C)C2CCc3ccccc32)c[nH]1. The number of benzene rings is 1. The molecule has 0 fully saturated rings. The highest BCUT2D eigenvalue weighted by molar-refractivity contribution is 5.94. The fourth-order valence-electron chi connectivity index (χ4n) is 3.01. The minimum atomic E-state index is -0.227. The van der Waals surface area contributed by atoms with Crippen molar-refractivity contribution in [2.24, 2.45) is 0 Å². The molecule has 0 saturated carbocycles. The quantitative estimate of drug-likeness (QED) is 0.919. The molecular weight excluding hydrogens is 264 g/mol. The lowest BCUT2D eigenvalue weighted by Crippen LogP contribution is -2.33. The van der Waals surface area contributed by atoms with Gasteiger partial charge in [0.15, 0.2) is 5.43 Å². The van der Waals surface area contributed by atoms with Gasteiger partial charge in [-0.25, -0.2) is 0 Å². The summed E-state index contributed by atoms with van der Waals surface area (Å²) < 4.78 is 0. The van der Waals surface area contributed by atoms with Gasteiger partial charge in [0.05, 0.1) is 6.04 Å².